The lowest BCUT2D eigenvalue weighted by Crippen LogP contribution is -2.37. The van der Waals surface area contributed by atoms with Crippen molar-refractivity contribution in [3.8, 4) is 5.69 Å². The van der Waals surface area contributed by atoms with Crippen molar-refractivity contribution < 1.29 is 19.6 Å². The van der Waals surface area contributed by atoms with Gasteiger partial charge in [-0.25, -0.2) is 4.68 Å². The minimum Gasteiger partial charge on any atom is -0.481 e. The van der Waals surface area contributed by atoms with Crippen LogP contribution in [-0.4, -0.2) is 49.7 Å². The van der Waals surface area contributed by atoms with Crippen LogP contribution in [0.15, 0.2) is 35.1 Å². The van der Waals surface area contributed by atoms with Gasteiger partial charge in [0.15, 0.2) is 5.69 Å². The molecule has 1 aromatic heterocycles. The van der Waals surface area contributed by atoms with Gasteiger partial charge in [-0.3, -0.25) is 24.5 Å². The monoisotopic (exact) mass is 374 g/mol. The number of nitro groups is 1. The summed E-state index contributed by atoms with van der Waals surface area (Å²) in [6.45, 7) is 3.30. The van der Waals surface area contributed by atoms with Crippen molar-refractivity contribution >= 4 is 17.6 Å². The molecule has 142 valence electrons. The van der Waals surface area contributed by atoms with E-state index in [1.165, 1.54) is 29.2 Å². The predicted molar refractivity (Wildman–Crippen MR) is 95.1 cm³/mol. The minimum atomic E-state index is -1.07. The van der Waals surface area contributed by atoms with Crippen molar-refractivity contribution in [2.75, 3.05) is 13.1 Å². The second-order valence-electron chi connectivity index (χ2n) is 5.68. The van der Waals surface area contributed by atoms with Crippen LogP contribution in [0, 0.1) is 17.0 Å². The number of benzene rings is 1. The molecule has 10 heteroatoms. The molecule has 0 bridgehead atoms. The highest BCUT2D eigenvalue weighted by Gasteiger charge is 2.23. The highest BCUT2D eigenvalue weighted by molar-refractivity contribution is 5.92. The largest absolute Gasteiger partial charge is 0.481 e. The summed E-state index contributed by atoms with van der Waals surface area (Å²) in [6, 6.07) is 6.99. The average Bonchev–Trinajstić information content (AvgIpc) is 2.62. The number of carbonyl (C=O) groups is 2. The Morgan fingerprint density at radius 2 is 2.00 bits per heavy atom. The number of carbonyl (C=O) groups excluding carboxylic acids is 1. The smallest absolute Gasteiger partial charge is 0.305 e. The van der Waals surface area contributed by atoms with Crippen LogP contribution in [0.1, 0.15) is 29.5 Å². The van der Waals surface area contributed by atoms with E-state index >= 15 is 0 Å². The SMILES string of the molecule is CCN(CCC(=O)O)C(=O)c1nn(-c2ccccc2[N+](=O)[O-])c(C)cc1=O. The predicted octanol–water partition coefficient (Wildman–Crippen LogP) is 1.39. The van der Waals surface area contributed by atoms with Gasteiger partial charge in [0.1, 0.15) is 5.69 Å². The van der Waals surface area contributed by atoms with Crippen molar-refractivity contribution in [1.82, 2.24) is 14.7 Å². The van der Waals surface area contributed by atoms with Crippen LogP contribution in [0.4, 0.5) is 5.69 Å². The number of carboxylic acids is 1. The maximum absolute atomic E-state index is 12.6. The van der Waals surface area contributed by atoms with Crippen molar-refractivity contribution in [3.63, 3.8) is 0 Å². The Kier molecular flexibility index (Phi) is 6.01. The van der Waals surface area contributed by atoms with Gasteiger partial charge in [-0.15, -0.1) is 0 Å². The molecule has 10 nitrogen and oxygen atoms in total. The number of hydrogen-bond donors (Lipinski definition) is 1. The molecule has 0 unspecified atom stereocenters. The Morgan fingerprint density at radius 1 is 1.33 bits per heavy atom. The van der Waals surface area contributed by atoms with Gasteiger partial charge in [-0.1, -0.05) is 12.1 Å². The normalized spacial score (nSPS) is 10.4. The first-order valence-electron chi connectivity index (χ1n) is 8.12. The first-order valence-corrected chi connectivity index (χ1v) is 8.12. The van der Waals surface area contributed by atoms with Gasteiger partial charge in [0.2, 0.25) is 5.43 Å². The number of aryl methyl sites for hydroxylation is 1. The number of amides is 1. The summed E-state index contributed by atoms with van der Waals surface area (Å²) in [7, 11) is 0. The fraction of sp³-hybridized carbons (Fsp3) is 0.294. The summed E-state index contributed by atoms with van der Waals surface area (Å²) in [5, 5.41) is 24.1. The van der Waals surface area contributed by atoms with Crippen LogP contribution in [0.2, 0.25) is 0 Å². The van der Waals surface area contributed by atoms with E-state index in [-0.39, 0.29) is 30.9 Å². The molecule has 2 rings (SSSR count). The lowest BCUT2D eigenvalue weighted by molar-refractivity contribution is -0.384. The molecule has 27 heavy (non-hydrogen) atoms. The second kappa shape index (κ2) is 8.21. The topological polar surface area (TPSA) is 136 Å². The molecule has 0 saturated carbocycles. The van der Waals surface area contributed by atoms with Crippen molar-refractivity contribution in [3.05, 3.63) is 62.1 Å². The molecule has 1 N–H and O–H groups in total. The van der Waals surface area contributed by atoms with Gasteiger partial charge in [0.05, 0.1) is 11.3 Å². The molecule has 1 amide bonds. The molecule has 0 aliphatic rings. The van der Waals surface area contributed by atoms with E-state index in [2.05, 4.69) is 5.10 Å². The van der Waals surface area contributed by atoms with E-state index in [0.29, 0.717) is 5.69 Å². The number of nitrogens with zero attached hydrogens (tertiary/aromatic N) is 4. The Balaban J connectivity index is 2.54. The summed E-state index contributed by atoms with van der Waals surface area (Å²) in [5.41, 5.74) is -0.859. The number of aromatic nitrogens is 2. The quantitative estimate of drug-likeness (QED) is 0.571. The van der Waals surface area contributed by atoms with Crippen LogP contribution < -0.4 is 5.43 Å². The van der Waals surface area contributed by atoms with Gasteiger partial charge in [0, 0.05) is 30.9 Å². The number of nitro benzene ring substituents is 1. The molecule has 1 aromatic carbocycles. The summed E-state index contributed by atoms with van der Waals surface area (Å²) < 4.78 is 1.16. The van der Waals surface area contributed by atoms with E-state index in [4.69, 9.17) is 5.11 Å². The van der Waals surface area contributed by atoms with Gasteiger partial charge in [-0.2, -0.15) is 5.10 Å². The molecule has 0 aliphatic carbocycles. The molecule has 1 heterocycles. The summed E-state index contributed by atoms with van der Waals surface area (Å²) >= 11 is 0. The first-order chi connectivity index (χ1) is 12.8. The minimum absolute atomic E-state index is 0.0782. The summed E-state index contributed by atoms with van der Waals surface area (Å²) in [4.78, 5) is 47.5. The first kappa shape index (κ1) is 19.8. The number of carboxylic acid groups (broad SMARTS) is 1. The molecular formula is C17H18N4O6. The van der Waals surface area contributed by atoms with Crippen molar-refractivity contribution in [2.24, 2.45) is 0 Å². The Morgan fingerprint density at radius 3 is 2.59 bits per heavy atom. The fourth-order valence-corrected chi connectivity index (χ4v) is 2.52. The van der Waals surface area contributed by atoms with Crippen LogP contribution in [0.25, 0.3) is 5.69 Å². The van der Waals surface area contributed by atoms with E-state index in [0.717, 1.165) is 4.68 Å². The zero-order chi connectivity index (χ0) is 20.1. The molecule has 2 aromatic rings. The fourth-order valence-electron chi connectivity index (χ4n) is 2.52. The summed E-state index contributed by atoms with van der Waals surface area (Å²) in [5.74, 6) is -1.80. The van der Waals surface area contributed by atoms with Gasteiger partial charge >= 0.3 is 5.97 Å². The molecule has 0 fully saturated rings. The van der Waals surface area contributed by atoms with E-state index < -0.39 is 27.9 Å². The second-order valence-corrected chi connectivity index (χ2v) is 5.68. The molecule has 0 spiro atoms. The zero-order valence-electron chi connectivity index (χ0n) is 14.8. The lowest BCUT2D eigenvalue weighted by atomic mass is 10.2. The summed E-state index contributed by atoms with van der Waals surface area (Å²) in [6.07, 6.45) is -0.274. The number of para-hydroxylation sites is 2. The van der Waals surface area contributed by atoms with Crippen LogP contribution in [-0.2, 0) is 4.79 Å². The molecule has 0 atom stereocenters. The molecule has 0 aliphatic heterocycles. The maximum Gasteiger partial charge on any atom is 0.305 e. The Bertz CT molecular complexity index is 953. The Labute approximate surface area is 153 Å². The third-order valence-electron chi connectivity index (χ3n) is 3.88. The molecule has 0 saturated heterocycles. The highest BCUT2D eigenvalue weighted by atomic mass is 16.6. The van der Waals surface area contributed by atoms with Crippen molar-refractivity contribution in [2.45, 2.75) is 20.3 Å². The highest BCUT2D eigenvalue weighted by Crippen LogP contribution is 2.22. The standard InChI is InChI=1S/C17H18N4O6/c1-3-19(9-8-15(23)24)17(25)16-14(22)10-11(2)20(18-16)12-6-4-5-7-13(12)21(26)27/h4-7,10H,3,8-9H2,1-2H3,(H,23,24). The third kappa shape index (κ3) is 4.35. The van der Waals surface area contributed by atoms with E-state index in [9.17, 15) is 24.5 Å². The average molecular weight is 374 g/mol. The van der Waals surface area contributed by atoms with Gasteiger partial charge in [0.25, 0.3) is 11.6 Å². The van der Waals surface area contributed by atoms with Crippen LogP contribution >= 0.6 is 0 Å². The van der Waals surface area contributed by atoms with Gasteiger partial charge in [-0.05, 0) is 19.9 Å². The lowest BCUT2D eigenvalue weighted by Gasteiger charge is -2.20. The third-order valence-corrected chi connectivity index (χ3v) is 3.88. The van der Waals surface area contributed by atoms with Crippen LogP contribution in [0.5, 0.6) is 0 Å². The Hall–Kier alpha value is -3.56. The van der Waals surface area contributed by atoms with Crippen LogP contribution in [0.3, 0.4) is 0 Å². The maximum atomic E-state index is 12.6. The number of rotatable bonds is 7. The van der Waals surface area contributed by atoms with Gasteiger partial charge < -0.3 is 10.0 Å². The zero-order valence-corrected chi connectivity index (χ0v) is 14.8. The number of aliphatic carboxylic acids is 1. The van der Waals surface area contributed by atoms with E-state index in [1.54, 1.807) is 19.9 Å². The van der Waals surface area contributed by atoms with E-state index in [1.807, 2.05) is 0 Å². The molecule has 0 radical (unpaired) electrons. The van der Waals surface area contributed by atoms with Crippen molar-refractivity contribution in [1.29, 1.82) is 0 Å². The number of hydrogen-bond acceptors (Lipinski definition) is 6. The molecular weight excluding hydrogens is 356 g/mol.